The molecule has 1 aromatic carbocycles. The van der Waals surface area contributed by atoms with E-state index in [1.165, 1.54) is 71.0 Å². The fraction of sp³-hybridized carbons (Fsp3) is 0.520. The summed E-state index contributed by atoms with van der Waals surface area (Å²) in [5, 5.41) is 17.1. The average molecular weight is 442 g/mol. The molecular formula is C25H31NO4S. The predicted octanol–water partition coefficient (Wildman–Crippen LogP) is 4.69. The SMILES string of the molecule is O=C(O)C(=O)O.c1ccc2c(c1)CCC21CCN(CCC2CCCc3sccc32)CC1. The van der Waals surface area contributed by atoms with Gasteiger partial charge < -0.3 is 15.1 Å². The van der Waals surface area contributed by atoms with Crippen LogP contribution in [-0.4, -0.2) is 46.7 Å². The Balaban J connectivity index is 0.000000342. The minimum atomic E-state index is -1.82. The molecule has 6 heteroatoms. The van der Waals surface area contributed by atoms with E-state index in [4.69, 9.17) is 19.8 Å². The number of carbonyl (C=O) groups is 2. The zero-order valence-electron chi connectivity index (χ0n) is 17.9. The van der Waals surface area contributed by atoms with Crippen LogP contribution in [0.1, 0.15) is 66.0 Å². The van der Waals surface area contributed by atoms with E-state index in [-0.39, 0.29) is 0 Å². The van der Waals surface area contributed by atoms with E-state index in [2.05, 4.69) is 40.6 Å². The quantitative estimate of drug-likeness (QED) is 0.676. The van der Waals surface area contributed by atoms with Crippen molar-refractivity contribution in [2.75, 3.05) is 19.6 Å². The van der Waals surface area contributed by atoms with E-state index >= 15 is 0 Å². The maximum Gasteiger partial charge on any atom is 0.414 e. The van der Waals surface area contributed by atoms with Crippen molar-refractivity contribution in [2.24, 2.45) is 0 Å². The number of hydrogen-bond acceptors (Lipinski definition) is 4. The van der Waals surface area contributed by atoms with Crippen molar-refractivity contribution in [1.82, 2.24) is 4.90 Å². The van der Waals surface area contributed by atoms with Crippen molar-refractivity contribution in [1.29, 1.82) is 0 Å². The summed E-state index contributed by atoms with van der Waals surface area (Å²) in [6.07, 6.45) is 11.0. The molecule has 1 unspecified atom stereocenters. The van der Waals surface area contributed by atoms with Crippen molar-refractivity contribution >= 4 is 23.3 Å². The summed E-state index contributed by atoms with van der Waals surface area (Å²) in [7, 11) is 0. The van der Waals surface area contributed by atoms with Gasteiger partial charge in [-0.1, -0.05) is 24.3 Å². The smallest absolute Gasteiger partial charge is 0.414 e. The zero-order chi connectivity index (χ0) is 21.8. The molecule has 2 N–H and O–H groups in total. The molecule has 1 aromatic heterocycles. The molecule has 1 aliphatic heterocycles. The number of aliphatic carboxylic acids is 2. The van der Waals surface area contributed by atoms with Gasteiger partial charge in [0, 0.05) is 4.88 Å². The first-order valence-corrected chi connectivity index (χ1v) is 12.2. The molecule has 3 aliphatic rings. The van der Waals surface area contributed by atoms with E-state index in [0.717, 1.165) is 5.92 Å². The van der Waals surface area contributed by atoms with Crippen molar-refractivity contribution < 1.29 is 19.8 Å². The molecule has 0 amide bonds. The number of fused-ring (bicyclic) bond motifs is 3. The van der Waals surface area contributed by atoms with Gasteiger partial charge in [-0.05, 0) is 110 Å². The Labute approximate surface area is 187 Å². The largest absolute Gasteiger partial charge is 0.473 e. The maximum absolute atomic E-state index is 9.10. The Morgan fingerprint density at radius 1 is 1.03 bits per heavy atom. The number of carboxylic acid groups (broad SMARTS) is 2. The third-order valence-electron chi connectivity index (χ3n) is 7.43. The van der Waals surface area contributed by atoms with Crippen molar-refractivity contribution in [2.45, 2.75) is 62.7 Å². The number of benzene rings is 1. The fourth-order valence-electron chi connectivity index (χ4n) is 5.71. The van der Waals surface area contributed by atoms with Crippen LogP contribution in [0.3, 0.4) is 0 Å². The van der Waals surface area contributed by atoms with Crippen LogP contribution in [0, 0.1) is 0 Å². The summed E-state index contributed by atoms with van der Waals surface area (Å²) in [5.41, 5.74) is 5.51. The molecule has 0 bridgehead atoms. The lowest BCUT2D eigenvalue weighted by molar-refractivity contribution is -0.159. The molecule has 0 saturated carbocycles. The summed E-state index contributed by atoms with van der Waals surface area (Å²) in [5.74, 6) is -2.82. The van der Waals surface area contributed by atoms with E-state index in [0.29, 0.717) is 5.41 Å². The second kappa shape index (κ2) is 9.53. The van der Waals surface area contributed by atoms with Crippen molar-refractivity contribution in [3.63, 3.8) is 0 Å². The van der Waals surface area contributed by atoms with Gasteiger partial charge in [-0.15, -0.1) is 11.3 Å². The van der Waals surface area contributed by atoms with Gasteiger partial charge in [-0.25, -0.2) is 9.59 Å². The molecule has 0 radical (unpaired) electrons. The second-order valence-electron chi connectivity index (χ2n) is 9.07. The van der Waals surface area contributed by atoms with Crippen LogP contribution in [0.2, 0.25) is 0 Å². The molecule has 5 nitrogen and oxygen atoms in total. The van der Waals surface area contributed by atoms with Crippen LogP contribution in [0.15, 0.2) is 35.7 Å². The number of aryl methyl sites for hydroxylation is 2. The highest BCUT2D eigenvalue weighted by atomic mass is 32.1. The summed E-state index contributed by atoms with van der Waals surface area (Å²) >= 11 is 1.98. The van der Waals surface area contributed by atoms with Crippen LogP contribution in [0.25, 0.3) is 0 Å². The molecule has 2 aromatic rings. The van der Waals surface area contributed by atoms with Gasteiger partial charge in [0.1, 0.15) is 0 Å². The highest BCUT2D eigenvalue weighted by molar-refractivity contribution is 7.10. The zero-order valence-corrected chi connectivity index (χ0v) is 18.7. The van der Waals surface area contributed by atoms with Gasteiger partial charge in [0.2, 0.25) is 0 Å². The number of thiophene rings is 1. The summed E-state index contributed by atoms with van der Waals surface area (Å²) in [4.78, 5) is 22.6. The Bertz CT molecular complexity index is 917. The van der Waals surface area contributed by atoms with Gasteiger partial charge >= 0.3 is 11.9 Å². The second-order valence-corrected chi connectivity index (χ2v) is 10.1. The lowest BCUT2D eigenvalue weighted by Crippen LogP contribution is -2.42. The molecule has 2 heterocycles. The molecule has 1 atom stereocenters. The fourth-order valence-corrected chi connectivity index (χ4v) is 6.72. The van der Waals surface area contributed by atoms with Gasteiger partial charge in [0.25, 0.3) is 0 Å². The van der Waals surface area contributed by atoms with Gasteiger partial charge in [-0.2, -0.15) is 0 Å². The number of nitrogens with zero attached hydrogens (tertiary/aromatic N) is 1. The summed E-state index contributed by atoms with van der Waals surface area (Å²) in [6.45, 7) is 3.91. The normalized spacial score (nSPS) is 21.6. The first-order valence-electron chi connectivity index (χ1n) is 11.3. The van der Waals surface area contributed by atoms with Crippen LogP contribution < -0.4 is 0 Å². The van der Waals surface area contributed by atoms with Gasteiger partial charge in [-0.3, -0.25) is 0 Å². The molecule has 1 fully saturated rings. The lowest BCUT2D eigenvalue weighted by Gasteiger charge is -2.40. The number of rotatable bonds is 3. The van der Waals surface area contributed by atoms with Crippen molar-refractivity contribution in [3.8, 4) is 0 Å². The lowest BCUT2D eigenvalue weighted by atomic mass is 9.73. The first-order chi connectivity index (χ1) is 15.0. The summed E-state index contributed by atoms with van der Waals surface area (Å²) in [6, 6.07) is 11.6. The number of hydrogen-bond donors (Lipinski definition) is 2. The molecule has 1 saturated heterocycles. The minimum Gasteiger partial charge on any atom is -0.473 e. The average Bonchev–Trinajstić information content (AvgIpc) is 3.40. The van der Waals surface area contributed by atoms with E-state index in [1.54, 1.807) is 21.6 Å². The molecular weight excluding hydrogens is 410 g/mol. The van der Waals surface area contributed by atoms with Crippen LogP contribution in [-0.2, 0) is 27.8 Å². The van der Waals surface area contributed by atoms with Gasteiger partial charge in [0.15, 0.2) is 0 Å². The Morgan fingerprint density at radius 3 is 2.52 bits per heavy atom. The number of likely N-dealkylation sites (tertiary alicyclic amines) is 1. The summed E-state index contributed by atoms with van der Waals surface area (Å²) < 4.78 is 0. The Morgan fingerprint density at radius 2 is 1.77 bits per heavy atom. The third kappa shape index (κ3) is 4.85. The Hall–Kier alpha value is -2.18. The number of carboxylic acids is 2. The first kappa shape index (κ1) is 22.0. The topological polar surface area (TPSA) is 77.8 Å². The van der Waals surface area contributed by atoms with Crippen LogP contribution >= 0.6 is 11.3 Å². The molecule has 1 spiro atoms. The van der Waals surface area contributed by atoms with E-state index < -0.39 is 11.9 Å². The molecule has 166 valence electrons. The van der Waals surface area contributed by atoms with Crippen molar-refractivity contribution in [3.05, 3.63) is 57.3 Å². The minimum absolute atomic E-state index is 0.512. The maximum atomic E-state index is 9.10. The van der Waals surface area contributed by atoms with E-state index in [1.807, 2.05) is 11.3 Å². The monoisotopic (exact) mass is 441 g/mol. The Kier molecular flexibility index (Phi) is 6.77. The highest BCUT2D eigenvalue weighted by Crippen LogP contribution is 2.46. The van der Waals surface area contributed by atoms with Gasteiger partial charge in [0.05, 0.1) is 0 Å². The van der Waals surface area contributed by atoms with Crippen LogP contribution in [0.4, 0.5) is 0 Å². The molecule has 31 heavy (non-hydrogen) atoms. The van der Waals surface area contributed by atoms with E-state index in [9.17, 15) is 0 Å². The molecule has 5 rings (SSSR count). The highest BCUT2D eigenvalue weighted by Gasteiger charge is 2.40. The molecule has 2 aliphatic carbocycles. The van der Waals surface area contributed by atoms with Crippen LogP contribution in [0.5, 0.6) is 0 Å². The number of piperidine rings is 1. The standard InChI is InChI=1S/C23H29NS.C2H2O4/c1-2-6-21-19(4-1)8-11-23(21)12-15-24(16-13-23)14-9-18-5-3-7-22-20(18)10-17-25-22;3-1(4)2(5)6/h1-2,4,6,10,17-18H,3,5,7-9,11-16H2;(H,3,4)(H,5,6). The predicted molar refractivity (Wildman–Crippen MR) is 122 cm³/mol. The third-order valence-corrected chi connectivity index (χ3v) is 8.42.